The standard InChI is InChI=1S/C30H21Cl2FN4O3/c31-20-10-13-23(25(32)15-20)29(38)35-26(30(39)34-17-22-7-4-14-40-22)16-24-27(18-5-2-1-3-6-18)36-37-28(24)19-8-11-21(33)12-9-19/h1-16H,17H2,(H,34,39)(H,35,38)(H,36,37)/b26-16+. The Morgan fingerprint density at radius 2 is 1.73 bits per heavy atom. The zero-order valence-electron chi connectivity index (χ0n) is 20.8. The van der Waals surface area contributed by atoms with E-state index < -0.39 is 17.6 Å². The van der Waals surface area contributed by atoms with Gasteiger partial charge in [-0.2, -0.15) is 5.10 Å². The summed E-state index contributed by atoms with van der Waals surface area (Å²) in [6, 6.07) is 23.0. The fourth-order valence-electron chi connectivity index (χ4n) is 3.99. The third kappa shape index (κ3) is 6.14. The number of carbonyl (C=O) groups is 2. The van der Waals surface area contributed by atoms with Gasteiger partial charge in [0, 0.05) is 21.7 Å². The van der Waals surface area contributed by atoms with Gasteiger partial charge in [-0.15, -0.1) is 0 Å². The van der Waals surface area contributed by atoms with Crippen LogP contribution < -0.4 is 10.6 Å². The first-order chi connectivity index (χ1) is 19.4. The topological polar surface area (TPSA) is 100 Å². The molecule has 10 heteroatoms. The van der Waals surface area contributed by atoms with E-state index >= 15 is 0 Å². The molecule has 2 amide bonds. The fraction of sp³-hybridized carbons (Fsp3) is 0.0333. The molecule has 3 N–H and O–H groups in total. The summed E-state index contributed by atoms with van der Waals surface area (Å²) in [5, 5.41) is 13.4. The second kappa shape index (κ2) is 12.0. The molecule has 0 radical (unpaired) electrons. The molecule has 0 saturated heterocycles. The number of aromatic amines is 1. The third-order valence-corrected chi connectivity index (χ3v) is 6.49. The van der Waals surface area contributed by atoms with Crippen molar-refractivity contribution in [2.45, 2.75) is 6.54 Å². The minimum absolute atomic E-state index is 0.0792. The third-order valence-electron chi connectivity index (χ3n) is 5.94. The summed E-state index contributed by atoms with van der Waals surface area (Å²) in [7, 11) is 0. The summed E-state index contributed by atoms with van der Waals surface area (Å²) in [6.45, 7) is 0.0858. The summed E-state index contributed by atoms with van der Waals surface area (Å²) in [4.78, 5) is 26.7. The van der Waals surface area contributed by atoms with Crippen LogP contribution in [0.25, 0.3) is 28.6 Å². The van der Waals surface area contributed by atoms with Crippen LogP contribution >= 0.6 is 23.2 Å². The van der Waals surface area contributed by atoms with Crippen LogP contribution in [-0.2, 0) is 11.3 Å². The highest BCUT2D eigenvalue weighted by molar-refractivity contribution is 6.36. The zero-order chi connectivity index (χ0) is 28.1. The lowest BCUT2D eigenvalue weighted by molar-refractivity contribution is -0.118. The summed E-state index contributed by atoms with van der Waals surface area (Å²) in [5.74, 6) is -1.07. The first-order valence-electron chi connectivity index (χ1n) is 12.1. The maximum Gasteiger partial charge on any atom is 0.268 e. The van der Waals surface area contributed by atoms with E-state index in [9.17, 15) is 14.0 Å². The van der Waals surface area contributed by atoms with E-state index in [-0.39, 0.29) is 22.8 Å². The van der Waals surface area contributed by atoms with Crippen molar-refractivity contribution >= 4 is 41.1 Å². The monoisotopic (exact) mass is 574 g/mol. The molecule has 0 unspecified atom stereocenters. The predicted molar refractivity (Wildman–Crippen MR) is 152 cm³/mol. The van der Waals surface area contributed by atoms with E-state index in [0.29, 0.717) is 33.3 Å². The van der Waals surface area contributed by atoms with Gasteiger partial charge in [0.25, 0.3) is 11.8 Å². The van der Waals surface area contributed by atoms with Gasteiger partial charge in [-0.25, -0.2) is 4.39 Å². The number of nitrogens with one attached hydrogen (secondary N) is 3. The number of nitrogens with zero attached hydrogens (tertiary/aromatic N) is 1. The Bertz CT molecular complexity index is 1680. The van der Waals surface area contributed by atoms with Crippen LogP contribution in [-0.4, -0.2) is 22.0 Å². The minimum Gasteiger partial charge on any atom is -0.467 e. The van der Waals surface area contributed by atoms with E-state index in [1.165, 1.54) is 42.7 Å². The average Bonchev–Trinajstić information content (AvgIpc) is 3.62. The molecule has 5 aromatic rings. The Hall–Kier alpha value is -4.66. The molecule has 7 nitrogen and oxygen atoms in total. The van der Waals surface area contributed by atoms with Gasteiger partial charge in [-0.1, -0.05) is 53.5 Å². The molecule has 5 rings (SSSR count). The molecular weight excluding hydrogens is 554 g/mol. The van der Waals surface area contributed by atoms with Gasteiger partial charge in [0.1, 0.15) is 17.3 Å². The Labute approximate surface area is 238 Å². The van der Waals surface area contributed by atoms with E-state index in [1.54, 1.807) is 24.3 Å². The molecule has 0 spiro atoms. The van der Waals surface area contributed by atoms with E-state index in [0.717, 1.165) is 5.56 Å². The number of H-pyrrole nitrogens is 1. The number of rotatable bonds is 8. The molecule has 3 aromatic carbocycles. The molecule has 2 heterocycles. The van der Waals surface area contributed by atoms with Crippen molar-refractivity contribution in [2.75, 3.05) is 0 Å². The van der Waals surface area contributed by atoms with Gasteiger partial charge >= 0.3 is 0 Å². The quantitative estimate of drug-likeness (QED) is 0.176. The van der Waals surface area contributed by atoms with Crippen molar-refractivity contribution in [1.29, 1.82) is 0 Å². The van der Waals surface area contributed by atoms with Gasteiger partial charge in [0.15, 0.2) is 0 Å². The number of benzene rings is 3. The zero-order valence-corrected chi connectivity index (χ0v) is 22.3. The van der Waals surface area contributed by atoms with Crippen LogP contribution in [0.3, 0.4) is 0 Å². The number of halogens is 3. The molecule has 0 aliphatic carbocycles. The molecular formula is C30H21Cl2FN4O3. The first-order valence-corrected chi connectivity index (χ1v) is 12.8. The number of amides is 2. The van der Waals surface area contributed by atoms with Gasteiger partial charge in [0.2, 0.25) is 0 Å². The van der Waals surface area contributed by atoms with Crippen molar-refractivity contribution < 1.29 is 18.4 Å². The molecule has 0 saturated carbocycles. The molecule has 0 fully saturated rings. The highest BCUT2D eigenvalue weighted by Gasteiger charge is 2.21. The lowest BCUT2D eigenvalue weighted by atomic mass is 10.0. The van der Waals surface area contributed by atoms with Crippen LogP contribution in [0.15, 0.2) is 101 Å². The molecule has 0 bridgehead atoms. The SMILES string of the molecule is O=C(NCc1ccco1)/C(=C\c1c(-c2ccccc2)n[nH]c1-c1ccc(F)cc1)NC(=O)c1ccc(Cl)cc1Cl. The van der Waals surface area contributed by atoms with Crippen LogP contribution in [0.1, 0.15) is 21.7 Å². The predicted octanol–water partition coefficient (Wildman–Crippen LogP) is 6.87. The number of hydrogen-bond donors (Lipinski definition) is 3. The van der Waals surface area contributed by atoms with Gasteiger partial charge < -0.3 is 15.1 Å². The Morgan fingerprint density at radius 1 is 0.950 bits per heavy atom. The van der Waals surface area contributed by atoms with Crippen LogP contribution in [0.2, 0.25) is 10.0 Å². The summed E-state index contributed by atoms with van der Waals surface area (Å²) in [5.41, 5.74) is 2.99. The molecule has 2 aromatic heterocycles. The lowest BCUT2D eigenvalue weighted by Gasteiger charge is -2.12. The largest absolute Gasteiger partial charge is 0.467 e. The number of aromatic nitrogens is 2. The van der Waals surface area contributed by atoms with Crippen LogP contribution in [0.4, 0.5) is 4.39 Å². The first kappa shape index (κ1) is 26.9. The van der Waals surface area contributed by atoms with Gasteiger partial charge in [0.05, 0.1) is 34.8 Å². The van der Waals surface area contributed by atoms with Crippen molar-refractivity contribution in [3.05, 3.63) is 130 Å². The number of hydrogen-bond acceptors (Lipinski definition) is 4. The van der Waals surface area contributed by atoms with E-state index in [4.69, 9.17) is 27.6 Å². The average molecular weight is 575 g/mol. The molecule has 0 aliphatic heterocycles. The van der Waals surface area contributed by atoms with Crippen molar-refractivity contribution in [3.8, 4) is 22.5 Å². The smallest absolute Gasteiger partial charge is 0.268 e. The van der Waals surface area contributed by atoms with Crippen LogP contribution in [0, 0.1) is 5.82 Å². The number of carbonyl (C=O) groups excluding carboxylic acids is 2. The lowest BCUT2D eigenvalue weighted by Crippen LogP contribution is -2.34. The second-order valence-electron chi connectivity index (χ2n) is 8.63. The maximum atomic E-state index is 13.7. The van der Waals surface area contributed by atoms with Crippen molar-refractivity contribution in [2.24, 2.45) is 0 Å². The molecule has 200 valence electrons. The second-order valence-corrected chi connectivity index (χ2v) is 9.48. The van der Waals surface area contributed by atoms with E-state index in [2.05, 4.69) is 20.8 Å². The molecule has 0 aliphatic rings. The molecule has 40 heavy (non-hydrogen) atoms. The minimum atomic E-state index is -0.617. The molecule has 0 atom stereocenters. The van der Waals surface area contributed by atoms with Gasteiger partial charge in [-0.05, 0) is 60.7 Å². The highest BCUT2D eigenvalue weighted by atomic mass is 35.5. The van der Waals surface area contributed by atoms with Crippen LogP contribution in [0.5, 0.6) is 0 Å². The number of furan rings is 1. The normalized spacial score (nSPS) is 11.3. The van der Waals surface area contributed by atoms with Gasteiger partial charge in [-0.3, -0.25) is 14.7 Å². The highest BCUT2D eigenvalue weighted by Crippen LogP contribution is 2.32. The Balaban J connectivity index is 1.60. The van der Waals surface area contributed by atoms with E-state index in [1.807, 2.05) is 30.3 Å². The fourth-order valence-corrected chi connectivity index (χ4v) is 4.48. The van der Waals surface area contributed by atoms with Crippen molar-refractivity contribution in [3.63, 3.8) is 0 Å². The van der Waals surface area contributed by atoms with Crippen molar-refractivity contribution in [1.82, 2.24) is 20.8 Å². The maximum absolute atomic E-state index is 13.7. The Kier molecular flexibility index (Phi) is 8.10. The summed E-state index contributed by atoms with van der Waals surface area (Å²) < 4.78 is 19.0. The summed E-state index contributed by atoms with van der Waals surface area (Å²) in [6.07, 6.45) is 3.01. The Morgan fingerprint density at radius 3 is 2.42 bits per heavy atom. The summed E-state index contributed by atoms with van der Waals surface area (Å²) >= 11 is 12.2.